The minimum atomic E-state index is 0.281. The van der Waals surface area contributed by atoms with Gasteiger partial charge in [-0.15, -0.1) is 0 Å². The van der Waals surface area contributed by atoms with E-state index < -0.39 is 0 Å². The molecule has 0 amide bonds. The lowest BCUT2D eigenvalue weighted by Gasteiger charge is -2.28. The maximum absolute atomic E-state index is 2.54. The summed E-state index contributed by atoms with van der Waals surface area (Å²) in [4.78, 5) is 0. The van der Waals surface area contributed by atoms with Gasteiger partial charge in [0.1, 0.15) is 0 Å². The molecule has 1 aromatic carbocycles. The van der Waals surface area contributed by atoms with E-state index >= 15 is 0 Å². The van der Waals surface area contributed by atoms with Crippen molar-refractivity contribution < 1.29 is 0 Å². The van der Waals surface area contributed by atoms with Crippen LogP contribution in [0.15, 0.2) is 30.3 Å². The van der Waals surface area contributed by atoms with E-state index in [1.807, 2.05) is 0 Å². The third kappa shape index (κ3) is 1.79. The average Bonchev–Trinajstić information content (AvgIpc) is 2.13. The number of alkyl halides is 1. The van der Waals surface area contributed by atoms with Gasteiger partial charge in [-0.1, -0.05) is 52.9 Å². The molecule has 0 nitrogen and oxygen atoms in total. The number of rotatable bonds is 0. The van der Waals surface area contributed by atoms with Crippen molar-refractivity contribution in [3.8, 4) is 0 Å². The monoisotopic (exact) mass is 396 g/mol. The van der Waals surface area contributed by atoms with Gasteiger partial charge in [-0.3, -0.25) is 0 Å². The summed E-state index contributed by atoms with van der Waals surface area (Å²) >= 11 is 4.97. The highest BCUT2D eigenvalue weighted by atomic mass is 127. The highest BCUT2D eigenvalue weighted by molar-refractivity contribution is 14.1. The number of allylic oxidation sites excluding steroid dienone is 1. The van der Waals surface area contributed by atoms with Gasteiger partial charge in [0.15, 0.2) is 0 Å². The maximum atomic E-state index is 2.54. The Hall–Kier alpha value is 0.420. The van der Waals surface area contributed by atoms with Gasteiger partial charge in [0.2, 0.25) is 0 Å². The molecule has 1 aliphatic rings. The molecule has 0 radical (unpaired) electrons. The van der Waals surface area contributed by atoms with E-state index in [1.165, 1.54) is 14.7 Å². The van der Waals surface area contributed by atoms with Crippen molar-refractivity contribution in [3.05, 3.63) is 41.5 Å². The van der Waals surface area contributed by atoms with E-state index in [0.717, 1.165) is 6.42 Å². The molecular formula is C11H10I2. The zero-order chi connectivity index (χ0) is 9.47. The fourth-order valence-corrected chi connectivity index (χ4v) is 3.03. The summed E-state index contributed by atoms with van der Waals surface area (Å²) in [6, 6.07) is 8.70. The molecule has 1 aliphatic carbocycles. The Kier molecular flexibility index (Phi) is 2.70. The number of halogens is 2. The van der Waals surface area contributed by atoms with Gasteiger partial charge in [-0.05, 0) is 47.1 Å². The van der Waals surface area contributed by atoms with Crippen LogP contribution in [0, 0.1) is 0 Å². The number of fused-ring (bicyclic) bond motifs is 1. The van der Waals surface area contributed by atoms with Crippen LogP contribution in [0.2, 0.25) is 0 Å². The topological polar surface area (TPSA) is 0 Å². The van der Waals surface area contributed by atoms with Crippen molar-refractivity contribution in [2.75, 3.05) is 0 Å². The molecule has 1 unspecified atom stereocenters. The van der Waals surface area contributed by atoms with Crippen molar-refractivity contribution in [2.24, 2.45) is 0 Å². The Morgan fingerprint density at radius 3 is 2.69 bits per heavy atom. The predicted octanol–water partition coefficient (Wildman–Crippen LogP) is 4.52. The van der Waals surface area contributed by atoms with Crippen LogP contribution in [0.1, 0.15) is 24.5 Å². The minimum absolute atomic E-state index is 0.281. The second kappa shape index (κ2) is 3.53. The molecule has 0 heterocycles. The van der Waals surface area contributed by atoms with Gasteiger partial charge in [-0.2, -0.15) is 0 Å². The summed E-state index contributed by atoms with van der Waals surface area (Å²) in [6.45, 7) is 2.30. The highest BCUT2D eigenvalue weighted by Gasteiger charge is 2.28. The van der Waals surface area contributed by atoms with Crippen LogP contribution in [0.3, 0.4) is 0 Å². The standard InChI is InChI=1S/C11H10I2/c1-11(13)7-6-10(12)8-4-2-3-5-9(8)11/h2-6H,7H2,1H3. The Morgan fingerprint density at radius 1 is 1.31 bits per heavy atom. The van der Waals surface area contributed by atoms with E-state index in [9.17, 15) is 0 Å². The van der Waals surface area contributed by atoms with Crippen molar-refractivity contribution in [1.82, 2.24) is 0 Å². The van der Waals surface area contributed by atoms with Crippen LogP contribution >= 0.6 is 45.2 Å². The van der Waals surface area contributed by atoms with Crippen molar-refractivity contribution in [1.29, 1.82) is 0 Å². The molecule has 0 spiro atoms. The van der Waals surface area contributed by atoms with Crippen LogP contribution in [0.25, 0.3) is 3.58 Å². The molecular weight excluding hydrogens is 386 g/mol. The van der Waals surface area contributed by atoms with Gasteiger partial charge >= 0.3 is 0 Å². The summed E-state index contributed by atoms with van der Waals surface area (Å²) in [6.07, 6.45) is 3.47. The summed E-state index contributed by atoms with van der Waals surface area (Å²) in [5, 5.41) is 0. The summed E-state index contributed by atoms with van der Waals surface area (Å²) in [7, 11) is 0. The summed E-state index contributed by atoms with van der Waals surface area (Å²) < 4.78 is 1.67. The molecule has 1 aromatic rings. The molecule has 13 heavy (non-hydrogen) atoms. The third-order valence-corrected chi connectivity index (χ3v) is 4.45. The molecule has 0 saturated carbocycles. The predicted molar refractivity (Wildman–Crippen MR) is 74.4 cm³/mol. The quantitative estimate of drug-likeness (QED) is 0.447. The Bertz CT molecular complexity index is 364. The molecule has 0 N–H and O–H groups in total. The Balaban J connectivity index is 2.64. The fourth-order valence-electron chi connectivity index (χ4n) is 1.65. The molecule has 1 atom stereocenters. The normalized spacial score (nSPS) is 26.5. The second-order valence-corrected chi connectivity index (χ2v) is 7.04. The zero-order valence-corrected chi connectivity index (χ0v) is 11.7. The van der Waals surface area contributed by atoms with E-state index in [-0.39, 0.29) is 3.42 Å². The van der Waals surface area contributed by atoms with Crippen molar-refractivity contribution >= 4 is 48.8 Å². The molecule has 0 aromatic heterocycles. The number of benzene rings is 1. The third-order valence-electron chi connectivity index (χ3n) is 2.41. The van der Waals surface area contributed by atoms with Crippen LogP contribution in [-0.2, 0) is 3.42 Å². The molecule has 68 valence electrons. The van der Waals surface area contributed by atoms with E-state index in [2.05, 4.69) is 82.4 Å². The number of hydrogen-bond acceptors (Lipinski definition) is 0. The van der Waals surface area contributed by atoms with Gasteiger partial charge in [0.05, 0.1) is 0 Å². The molecule has 2 heteroatoms. The molecule has 0 bridgehead atoms. The van der Waals surface area contributed by atoms with Crippen molar-refractivity contribution in [2.45, 2.75) is 16.8 Å². The first-order valence-electron chi connectivity index (χ1n) is 4.26. The lowest BCUT2D eigenvalue weighted by Crippen LogP contribution is -2.16. The average molecular weight is 396 g/mol. The second-order valence-electron chi connectivity index (χ2n) is 3.50. The largest absolute Gasteiger partial charge is 0.0736 e. The summed E-state index contributed by atoms with van der Waals surface area (Å²) in [5.74, 6) is 0. The zero-order valence-electron chi connectivity index (χ0n) is 7.35. The lowest BCUT2D eigenvalue weighted by atomic mass is 9.88. The smallest absolute Gasteiger partial charge is 0.0483 e. The highest BCUT2D eigenvalue weighted by Crippen LogP contribution is 2.45. The van der Waals surface area contributed by atoms with Gasteiger partial charge in [0, 0.05) is 7.00 Å². The fraction of sp³-hybridized carbons (Fsp3) is 0.273. The maximum Gasteiger partial charge on any atom is 0.0483 e. The van der Waals surface area contributed by atoms with Crippen LogP contribution < -0.4 is 0 Å². The first kappa shape index (κ1) is 9.96. The molecule has 0 saturated heterocycles. The van der Waals surface area contributed by atoms with Gasteiger partial charge < -0.3 is 0 Å². The van der Waals surface area contributed by atoms with Crippen LogP contribution in [-0.4, -0.2) is 0 Å². The van der Waals surface area contributed by atoms with Crippen LogP contribution in [0.4, 0.5) is 0 Å². The number of hydrogen-bond donors (Lipinski definition) is 0. The molecule has 0 fully saturated rings. The first-order chi connectivity index (χ1) is 6.11. The lowest BCUT2D eigenvalue weighted by molar-refractivity contribution is 0.736. The van der Waals surface area contributed by atoms with E-state index in [0.29, 0.717) is 0 Å². The minimum Gasteiger partial charge on any atom is -0.0736 e. The Labute approximate surface area is 106 Å². The van der Waals surface area contributed by atoms with E-state index in [4.69, 9.17) is 0 Å². The van der Waals surface area contributed by atoms with Crippen molar-refractivity contribution in [3.63, 3.8) is 0 Å². The SMILES string of the molecule is CC1(I)CC=C(I)c2ccccc21. The Morgan fingerprint density at radius 2 is 2.00 bits per heavy atom. The molecule has 2 rings (SSSR count). The van der Waals surface area contributed by atoms with Gasteiger partial charge in [0.25, 0.3) is 0 Å². The van der Waals surface area contributed by atoms with E-state index in [1.54, 1.807) is 0 Å². The van der Waals surface area contributed by atoms with Crippen LogP contribution in [0.5, 0.6) is 0 Å². The first-order valence-corrected chi connectivity index (χ1v) is 6.41. The molecule has 0 aliphatic heterocycles. The summed E-state index contributed by atoms with van der Waals surface area (Å²) in [5.41, 5.74) is 2.88. The van der Waals surface area contributed by atoms with Gasteiger partial charge in [-0.25, -0.2) is 0 Å².